The first-order chi connectivity index (χ1) is 4.70. The van der Waals surface area contributed by atoms with Crippen LogP contribution in [-0.4, -0.2) is 11.2 Å². The highest BCUT2D eigenvalue weighted by Gasteiger charge is 2.07. The summed E-state index contributed by atoms with van der Waals surface area (Å²) in [4.78, 5) is 0. The summed E-state index contributed by atoms with van der Waals surface area (Å²) in [6, 6.07) is 0. The first kappa shape index (κ1) is 7.55. The van der Waals surface area contributed by atoms with Gasteiger partial charge in [-0.2, -0.15) is 0 Å². The Bertz CT molecular complexity index is 173. The number of allylic oxidation sites excluding steroid dienone is 3. The molecule has 56 valence electrons. The molecule has 1 aliphatic carbocycles. The lowest BCUT2D eigenvalue weighted by molar-refractivity contribution is 0.210. The predicted molar refractivity (Wildman–Crippen MR) is 42.8 cm³/mol. The summed E-state index contributed by atoms with van der Waals surface area (Å²) in [6.45, 7) is 4.22. The molecule has 0 aromatic carbocycles. The van der Waals surface area contributed by atoms with E-state index in [2.05, 4.69) is 13.8 Å². The summed E-state index contributed by atoms with van der Waals surface area (Å²) in [7, 11) is 0. The van der Waals surface area contributed by atoms with E-state index in [1.54, 1.807) is 0 Å². The maximum Gasteiger partial charge on any atom is 0.0727 e. The Morgan fingerprint density at radius 2 is 2.30 bits per heavy atom. The fourth-order valence-electron chi connectivity index (χ4n) is 1.13. The topological polar surface area (TPSA) is 20.2 Å². The molecule has 1 nitrogen and oxygen atoms in total. The molecule has 1 unspecified atom stereocenters. The summed E-state index contributed by atoms with van der Waals surface area (Å²) in [5, 5.41) is 9.10. The summed E-state index contributed by atoms with van der Waals surface area (Å²) in [5.74, 6) is 0. The Kier molecular flexibility index (Phi) is 2.28. The molecule has 0 bridgehead atoms. The molecule has 0 aromatic heterocycles. The van der Waals surface area contributed by atoms with E-state index < -0.39 is 0 Å². The van der Waals surface area contributed by atoms with Gasteiger partial charge < -0.3 is 5.11 Å². The Morgan fingerprint density at radius 1 is 1.60 bits per heavy atom. The van der Waals surface area contributed by atoms with Crippen LogP contribution >= 0.6 is 0 Å². The SMILES string of the molecule is CC(C)=C1C=CC(O)CC1. The second-order valence-corrected chi connectivity index (χ2v) is 2.99. The zero-order valence-corrected chi connectivity index (χ0v) is 6.59. The predicted octanol–water partition coefficient (Wildman–Crippen LogP) is 2.03. The van der Waals surface area contributed by atoms with E-state index in [9.17, 15) is 0 Å². The summed E-state index contributed by atoms with van der Waals surface area (Å²) in [5.41, 5.74) is 2.74. The fraction of sp³-hybridized carbons (Fsp3) is 0.556. The van der Waals surface area contributed by atoms with Crippen LogP contribution in [0.5, 0.6) is 0 Å². The standard InChI is InChI=1S/C9H14O/c1-7(2)8-3-5-9(10)6-4-8/h3,5,9-10H,4,6H2,1-2H3. The average molecular weight is 138 g/mol. The molecule has 0 saturated carbocycles. The van der Waals surface area contributed by atoms with Crippen LogP contribution in [-0.2, 0) is 0 Å². The minimum absolute atomic E-state index is 0.205. The lowest BCUT2D eigenvalue weighted by Crippen LogP contribution is -2.06. The Balaban J connectivity index is 2.71. The summed E-state index contributed by atoms with van der Waals surface area (Å²) < 4.78 is 0. The molecule has 0 aromatic rings. The van der Waals surface area contributed by atoms with Gasteiger partial charge in [0.15, 0.2) is 0 Å². The highest BCUT2D eigenvalue weighted by molar-refractivity contribution is 5.26. The van der Waals surface area contributed by atoms with Crippen molar-refractivity contribution in [1.82, 2.24) is 0 Å². The smallest absolute Gasteiger partial charge is 0.0727 e. The fourth-order valence-corrected chi connectivity index (χ4v) is 1.13. The number of aliphatic hydroxyl groups excluding tert-OH is 1. The lowest BCUT2D eigenvalue weighted by Gasteiger charge is -2.13. The average Bonchev–Trinajstić information content (AvgIpc) is 1.88. The Labute approximate surface area is 62.1 Å². The maximum absolute atomic E-state index is 9.10. The minimum Gasteiger partial charge on any atom is -0.389 e. The molecule has 1 N–H and O–H groups in total. The minimum atomic E-state index is -0.205. The quantitative estimate of drug-likeness (QED) is 0.543. The molecule has 1 atom stereocenters. The molecule has 1 aliphatic rings. The molecular formula is C9H14O. The van der Waals surface area contributed by atoms with E-state index in [1.807, 2.05) is 12.2 Å². The van der Waals surface area contributed by atoms with Gasteiger partial charge in [0.05, 0.1) is 6.10 Å². The van der Waals surface area contributed by atoms with Crippen molar-refractivity contribution in [1.29, 1.82) is 0 Å². The molecule has 0 fully saturated rings. The van der Waals surface area contributed by atoms with Gasteiger partial charge in [-0.1, -0.05) is 17.7 Å². The molecule has 10 heavy (non-hydrogen) atoms. The van der Waals surface area contributed by atoms with Crippen LogP contribution in [0.1, 0.15) is 26.7 Å². The van der Waals surface area contributed by atoms with Gasteiger partial charge in [-0.05, 0) is 32.3 Å². The van der Waals surface area contributed by atoms with Gasteiger partial charge in [0.1, 0.15) is 0 Å². The Morgan fingerprint density at radius 3 is 2.70 bits per heavy atom. The van der Waals surface area contributed by atoms with Crippen LogP contribution in [0.25, 0.3) is 0 Å². The number of hydrogen-bond acceptors (Lipinski definition) is 1. The van der Waals surface area contributed by atoms with Gasteiger partial charge in [0.2, 0.25) is 0 Å². The van der Waals surface area contributed by atoms with E-state index in [0.29, 0.717) is 0 Å². The van der Waals surface area contributed by atoms with Crippen molar-refractivity contribution in [3.63, 3.8) is 0 Å². The van der Waals surface area contributed by atoms with Gasteiger partial charge >= 0.3 is 0 Å². The van der Waals surface area contributed by atoms with Crippen LogP contribution in [0.15, 0.2) is 23.3 Å². The lowest BCUT2D eigenvalue weighted by atomic mass is 9.97. The van der Waals surface area contributed by atoms with E-state index >= 15 is 0 Å². The molecule has 1 heteroatoms. The van der Waals surface area contributed by atoms with Gasteiger partial charge in [-0.3, -0.25) is 0 Å². The highest BCUT2D eigenvalue weighted by Crippen LogP contribution is 2.19. The first-order valence-electron chi connectivity index (χ1n) is 3.73. The largest absolute Gasteiger partial charge is 0.389 e. The monoisotopic (exact) mass is 138 g/mol. The summed E-state index contributed by atoms with van der Waals surface area (Å²) in [6.07, 6.45) is 5.61. The van der Waals surface area contributed by atoms with E-state index in [4.69, 9.17) is 5.11 Å². The molecule has 0 aliphatic heterocycles. The van der Waals surface area contributed by atoms with Crippen LogP contribution in [0, 0.1) is 0 Å². The molecule has 0 radical (unpaired) electrons. The van der Waals surface area contributed by atoms with Crippen molar-refractivity contribution >= 4 is 0 Å². The van der Waals surface area contributed by atoms with E-state index in [1.165, 1.54) is 11.1 Å². The Hall–Kier alpha value is -0.560. The van der Waals surface area contributed by atoms with Crippen LogP contribution in [0.4, 0.5) is 0 Å². The second-order valence-electron chi connectivity index (χ2n) is 2.99. The van der Waals surface area contributed by atoms with Crippen LogP contribution < -0.4 is 0 Å². The van der Waals surface area contributed by atoms with Crippen molar-refractivity contribution in [2.45, 2.75) is 32.8 Å². The van der Waals surface area contributed by atoms with Crippen molar-refractivity contribution in [2.75, 3.05) is 0 Å². The number of aliphatic hydroxyl groups is 1. The molecule has 0 spiro atoms. The van der Waals surface area contributed by atoms with Gasteiger partial charge in [0.25, 0.3) is 0 Å². The second kappa shape index (κ2) is 3.02. The molecule has 1 rings (SSSR count). The first-order valence-corrected chi connectivity index (χ1v) is 3.73. The third-order valence-corrected chi connectivity index (χ3v) is 1.87. The maximum atomic E-state index is 9.10. The number of rotatable bonds is 0. The molecule has 0 heterocycles. The number of hydrogen-bond donors (Lipinski definition) is 1. The van der Waals surface area contributed by atoms with Crippen LogP contribution in [0.3, 0.4) is 0 Å². The van der Waals surface area contributed by atoms with Crippen LogP contribution in [0.2, 0.25) is 0 Å². The third kappa shape index (κ3) is 1.71. The van der Waals surface area contributed by atoms with Gasteiger partial charge in [0, 0.05) is 0 Å². The van der Waals surface area contributed by atoms with Crippen molar-refractivity contribution in [3.05, 3.63) is 23.3 Å². The van der Waals surface area contributed by atoms with Gasteiger partial charge in [-0.25, -0.2) is 0 Å². The summed E-state index contributed by atoms with van der Waals surface area (Å²) >= 11 is 0. The van der Waals surface area contributed by atoms with E-state index in [-0.39, 0.29) is 6.10 Å². The van der Waals surface area contributed by atoms with Crippen molar-refractivity contribution < 1.29 is 5.11 Å². The van der Waals surface area contributed by atoms with Crippen molar-refractivity contribution in [3.8, 4) is 0 Å². The van der Waals surface area contributed by atoms with Crippen molar-refractivity contribution in [2.24, 2.45) is 0 Å². The molecule has 0 saturated heterocycles. The normalized spacial score (nSPS) is 25.1. The van der Waals surface area contributed by atoms with Gasteiger partial charge in [-0.15, -0.1) is 0 Å². The molecule has 0 amide bonds. The zero-order valence-electron chi connectivity index (χ0n) is 6.59. The molecular weight excluding hydrogens is 124 g/mol. The zero-order chi connectivity index (χ0) is 7.56. The highest BCUT2D eigenvalue weighted by atomic mass is 16.3. The van der Waals surface area contributed by atoms with E-state index in [0.717, 1.165) is 12.8 Å². The third-order valence-electron chi connectivity index (χ3n) is 1.87.